The first-order valence-electron chi connectivity index (χ1n) is 18.1. The van der Waals surface area contributed by atoms with Crippen LogP contribution in [0.15, 0.2) is 91.0 Å². The molecule has 3 N–H and O–H groups in total. The predicted octanol–water partition coefficient (Wildman–Crippen LogP) is 9.32. The predicted molar refractivity (Wildman–Crippen MR) is 216 cm³/mol. The molecule has 0 saturated heterocycles. The molecule has 12 nitrogen and oxygen atoms in total. The van der Waals surface area contributed by atoms with E-state index in [1.807, 2.05) is 48.5 Å². The zero-order valence-electron chi connectivity index (χ0n) is 32.2. The molecule has 0 atom stereocenters. The Morgan fingerprint density at radius 1 is 0.589 bits per heavy atom. The second-order valence-corrected chi connectivity index (χ2v) is 15.2. The van der Waals surface area contributed by atoms with Gasteiger partial charge in [0.2, 0.25) is 0 Å². The molecular formula is C43H46ClN3O9. The fourth-order valence-corrected chi connectivity index (χ4v) is 5.59. The van der Waals surface area contributed by atoms with Gasteiger partial charge in [-0.25, -0.2) is 14.4 Å². The number of nitrogens with one attached hydrogen (secondary N) is 3. The van der Waals surface area contributed by atoms with Gasteiger partial charge in [0.25, 0.3) is 5.91 Å². The number of benzene rings is 5. The van der Waals surface area contributed by atoms with Crippen LogP contribution in [-0.2, 0) is 9.47 Å². The van der Waals surface area contributed by atoms with Crippen LogP contribution in [0.25, 0.3) is 21.5 Å². The number of alkyl carbamates (subject to hydrolysis) is 2. The van der Waals surface area contributed by atoms with Crippen LogP contribution < -0.4 is 30.2 Å². The van der Waals surface area contributed by atoms with Crippen molar-refractivity contribution < 1.29 is 42.9 Å². The van der Waals surface area contributed by atoms with Crippen molar-refractivity contribution in [1.29, 1.82) is 0 Å². The maximum atomic E-state index is 13.9. The Kier molecular flexibility index (Phi) is 13.3. The summed E-state index contributed by atoms with van der Waals surface area (Å²) >= 11 is 6.36. The summed E-state index contributed by atoms with van der Waals surface area (Å²) in [6.07, 6.45) is -0.683. The molecule has 5 aromatic rings. The molecule has 5 rings (SSSR count). The molecule has 0 saturated carbocycles. The Balaban J connectivity index is 1.33. The van der Waals surface area contributed by atoms with Gasteiger partial charge in [-0.15, -0.1) is 0 Å². The van der Waals surface area contributed by atoms with E-state index < -0.39 is 35.3 Å². The van der Waals surface area contributed by atoms with Gasteiger partial charge in [0, 0.05) is 17.6 Å². The molecule has 0 heterocycles. The molecule has 0 unspecified atom stereocenters. The lowest BCUT2D eigenvalue weighted by atomic mass is 10.0. The zero-order chi connectivity index (χ0) is 40.5. The van der Waals surface area contributed by atoms with Crippen molar-refractivity contribution in [3.8, 4) is 17.2 Å². The van der Waals surface area contributed by atoms with Crippen LogP contribution in [0, 0.1) is 0 Å². The van der Waals surface area contributed by atoms with Gasteiger partial charge in [0.15, 0.2) is 5.75 Å². The van der Waals surface area contributed by atoms with E-state index in [1.54, 1.807) is 71.9 Å². The molecule has 0 aliphatic heterocycles. The first-order valence-corrected chi connectivity index (χ1v) is 18.5. The van der Waals surface area contributed by atoms with Crippen LogP contribution in [0.5, 0.6) is 17.2 Å². The summed E-state index contributed by atoms with van der Waals surface area (Å²) in [4.78, 5) is 52.0. The lowest BCUT2D eigenvalue weighted by molar-refractivity contribution is 0.0511. The maximum absolute atomic E-state index is 13.9. The third-order valence-corrected chi connectivity index (χ3v) is 8.06. The standard InChI is InChI=1S/C43H46ClN3O9/c1-42(2,3)55-40(50)45-18-11-20-52-36-25-30-15-10-8-13-28(30)23-33(36)39(49)54-37-26-31(44)16-17-34(37)47-38(48)32-22-27-12-7-9-14-29(27)24-35(32)53-21-19-46-41(51)56-43(4,5)6/h7-10,12-17,22-26H,11,18-21H2,1-6H3,(H,45,50)(H,46,51)(H,47,48). The third-order valence-electron chi connectivity index (χ3n) is 7.83. The second-order valence-electron chi connectivity index (χ2n) is 14.8. The summed E-state index contributed by atoms with van der Waals surface area (Å²) in [6, 6.07) is 26.4. The molecule has 0 radical (unpaired) electrons. The van der Waals surface area contributed by atoms with Crippen molar-refractivity contribution in [2.45, 2.75) is 59.2 Å². The largest absolute Gasteiger partial charge is 0.493 e. The van der Waals surface area contributed by atoms with E-state index in [2.05, 4.69) is 16.0 Å². The minimum absolute atomic E-state index is 0.00124. The quantitative estimate of drug-likeness (QED) is 0.0603. The highest BCUT2D eigenvalue weighted by Gasteiger charge is 2.22. The van der Waals surface area contributed by atoms with E-state index in [0.29, 0.717) is 13.0 Å². The number of rotatable bonds is 13. The molecular weight excluding hydrogens is 738 g/mol. The van der Waals surface area contributed by atoms with E-state index in [4.69, 9.17) is 35.3 Å². The van der Waals surface area contributed by atoms with E-state index >= 15 is 0 Å². The number of hydrogen-bond acceptors (Lipinski definition) is 9. The van der Waals surface area contributed by atoms with Crippen molar-refractivity contribution >= 4 is 62.9 Å². The summed E-state index contributed by atoms with van der Waals surface area (Å²) in [5.41, 5.74) is -0.747. The number of hydrogen-bond donors (Lipinski definition) is 3. The van der Waals surface area contributed by atoms with Gasteiger partial charge in [-0.2, -0.15) is 0 Å². The van der Waals surface area contributed by atoms with Gasteiger partial charge in [0.05, 0.1) is 24.4 Å². The fourth-order valence-electron chi connectivity index (χ4n) is 5.43. The SMILES string of the molecule is CC(C)(C)OC(=O)NCCCOc1cc2ccccc2cc1C(=O)Oc1cc(Cl)ccc1NC(=O)c1cc2ccccc2cc1OCCNC(=O)OC(C)(C)C. The summed E-state index contributed by atoms with van der Waals surface area (Å²) in [5.74, 6) is -0.735. The van der Waals surface area contributed by atoms with Crippen LogP contribution in [0.1, 0.15) is 68.7 Å². The molecule has 13 heteroatoms. The molecule has 0 fully saturated rings. The van der Waals surface area contributed by atoms with Crippen molar-refractivity contribution in [2.24, 2.45) is 0 Å². The average Bonchev–Trinajstić information content (AvgIpc) is 3.12. The number of anilines is 1. The Bertz CT molecular complexity index is 2230. The number of halogens is 1. The van der Waals surface area contributed by atoms with Crippen LogP contribution in [-0.4, -0.2) is 61.6 Å². The van der Waals surface area contributed by atoms with Gasteiger partial charge >= 0.3 is 18.2 Å². The van der Waals surface area contributed by atoms with Crippen LogP contribution in [0.2, 0.25) is 5.02 Å². The van der Waals surface area contributed by atoms with E-state index in [-0.39, 0.29) is 58.8 Å². The highest BCUT2D eigenvalue weighted by Crippen LogP contribution is 2.34. The number of carbonyl (C=O) groups excluding carboxylic acids is 4. The Morgan fingerprint density at radius 3 is 1.66 bits per heavy atom. The van der Waals surface area contributed by atoms with E-state index in [0.717, 1.165) is 21.5 Å². The summed E-state index contributed by atoms with van der Waals surface area (Å²) in [5, 5.41) is 11.7. The monoisotopic (exact) mass is 783 g/mol. The number of esters is 1. The molecule has 0 aromatic heterocycles. The van der Waals surface area contributed by atoms with Crippen LogP contribution in [0.3, 0.4) is 0 Å². The minimum Gasteiger partial charge on any atom is -0.493 e. The first kappa shape index (κ1) is 41.2. The van der Waals surface area contributed by atoms with Crippen molar-refractivity contribution in [1.82, 2.24) is 10.6 Å². The average molecular weight is 784 g/mol. The first-order chi connectivity index (χ1) is 26.5. The zero-order valence-corrected chi connectivity index (χ0v) is 33.0. The maximum Gasteiger partial charge on any atom is 0.407 e. The van der Waals surface area contributed by atoms with Gasteiger partial charge < -0.3 is 39.6 Å². The fraction of sp³-hybridized carbons (Fsp3) is 0.302. The number of fused-ring (bicyclic) bond motifs is 2. The van der Waals surface area contributed by atoms with Gasteiger partial charge in [0.1, 0.15) is 34.9 Å². The molecule has 56 heavy (non-hydrogen) atoms. The highest BCUT2D eigenvalue weighted by atomic mass is 35.5. The highest BCUT2D eigenvalue weighted by molar-refractivity contribution is 6.31. The summed E-state index contributed by atoms with van der Waals surface area (Å²) < 4.78 is 28.5. The molecule has 0 aliphatic carbocycles. The second kappa shape index (κ2) is 18.1. The molecule has 294 valence electrons. The topological polar surface area (TPSA) is 151 Å². The lowest BCUT2D eigenvalue weighted by Crippen LogP contribution is -2.34. The van der Waals surface area contributed by atoms with Crippen molar-refractivity contribution in [2.75, 3.05) is 31.6 Å². The van der Waals surface area contributed by atoms with Crippen molar-refractivity contribution in [3.63, 3.8) is 0 Å². The van der Waals surface area contributed by atoms with Gasteiger partial charge in [-0.05, 0) is 106 Å². The molecule has 5 aromatic carbocycles. The van der Waals surface area contributed by atoms with Gasteiger partial charge in [-0.1, -0.05) is 60.1 Å². The summed E-state index contributed by atoms with van der Waals surface area (Å²) in [7, 11) is 0. The third kappa shape index (κ3) is 12.0. The van der Waals surface area contributed by atoms with E-state index in [1.165, 1.54) is 12.1 Å². The smallest absolute Gasteiger partial charge is 0.407 e. The molecule has 0 spiro atoms. The number of amides is 3. The Morgan fingerprint density at radius 2 is 1.09 bits per heavy atom. The van der Waals surface area contributed by atoms with E-state index in [9.17, 15) is 19.2 Å². The molecule has 0 aliphatic rings. The lowest BCUT2D eigenvalue weighted by Gasteiger charge is -2.20. The number of carbonyl (C=O) groups is 4. The molecule has 0 bridgehead atoms. The van der Waals surface area contributed by atoms with Crippen LogP contribution >= 0.6 is 11.6 Å². The van der Waals surface area contributed by atoms with Crippen molar-refractivity contribution in [3.05, 3.63) is 107 Å². The minimum atomic E-state index is -0.748. The Labute approximate surface area is 330 Å². The van der Waals surface area contributed by atoms with Gasteiger partial charge in [-0.3, -0.25) is 4.79 Å². The number of ether oxygens (including phenoxy) is 5. The normalized spacial score (nSPS) is 11.4. The Hall–Kier alpha value is -6.01. The molecule has 3 amide bonds. The van der Waals surface area contributed by atoms with Crippen LogP contribution in [0.4, 0.5) is 15.3 Å². The summed E-state index contributed by atoms with van der Waals surface area (Å²) in [6.45, 7) is 11.3.